The molecule has 4 aromatic carbocycles. The molecular weight excluding hydrogens is 894 g/mol. The van der Waals surface area contributed by atoms with E-state index in [1.807, 2.05) is 18.3 Å². The maximum Gasteiger partial charge on any atom is 2.00 e. The first kappa shape index (κ1) is 40.9. The number of hydrogen-bond acceptors (Lipinski definition) is 4. The summed E-state index contributed by atoms with van der Waals surface area (Å²) in [5.41, 5.74) is 16.7. The fraction of sp³-hybridized carbons (Fsp3) is 0.275. The Morgan fingerprint density at radius 1 is 0.638 bits per heavy atom. The Labute approximate surface area is 357 Å². The minimum atomic E-state index is -0.206. The van der Waals surface area contributed by atoms with Crippen molar-refractivity contribution in [2.75, 3.05) is 0 Å². The summed E-state index contributed by atoms with van der Waals surface area (Å²) in [5.74, 6) is 1.88. The zero-order valence-corrected chi connectivity index (χ0v) is 37.9. The summed E-state index contributed by atoms with van der Waals surface area (Å²) >= 11 is 0. The predicted molar refractivity (Wildman–Crippen MR) is 235 cm³/mol. The molecule has 0 saturated heterocycles. The molecule has 0 amide bonds. The van der Waals surface area contributed by atoms with Crippen LogP contribution in [-0.4, -0.2) is 19.6 Å². The molecule has 0 saturated carbocycles. The average molecular weight is 945 g/mol. The molecule has 0 fully saturated rings. The van der Waals surface area contributed by atoms with Crippen molar-refractivity contribution in [1.82, 2.24) is 24.7 Å². The summed E-state index contributed by atoms with van der Waals surface area (Å²) in [4.78, 5) is 10.1. The average Bonchev–Trinajstić information content (AvgIpc) is 3.69. The zero-order chi connectivity index (χ0) is 40.6. The van der Waals surface area contributed by atoms with E-state index in [4.69, 9.17) is 24.9 Å². The van der Waals surface area contributed by atoms with E-state index < -0.39 is 0 Å². The Balaban J connectivity index is 0.00000512. The molecule has 0 bridgehead atoms. The summed E-state index contributed by atoms with van der Waals surface area (Å²) in [6.07, 6.45) is 1.90. The third-order valence-corrected chi connectivity index (χ3v) is 11.1. The van der Waals surface area contributed by atoms with Crippen molar-refractivity contribution in [1.29, 1.82) is 0 Å². The predicted octanol–water partition coefficient (Wildman–Crippen LogP) is 13.0. The Kier molecular flexibility index (Phi) is 10.7. The number of para-hydroxylation sites is 1. The molecule has 0 aliphatic rings. The van der Waals surface area contributed by atoms with Gasteiger partial charge in [0.25, 0.3) is 0 Å². The molecule has 0 aliphatic heterocycles. The van der Waals surface area contributed by atoms with Gasteiger partial charge in [-0.25, -0.2) is 9.97 Å². The minimum absolute atomic E-state index is 0. The number of aryl methyl sites for hydroxylation is 6. The van der Waals surface area contributed by atoms with Crippen LogP contribution < -0.4 is 9.84 Å². The van der Waals surface area contributed by atoms with Crippen molar-refractivity contribution < 1.29 is 25.8 Å². The molecule has 58 heavy (non-hydrogen) atoms. The molecular formula is C51H51N5OPt. The van der Waals surface area contributed by atoms with E-state index >= 15 is 0 Å². The number of aromatic nitrogens is 5. The molecule has 0 N–H and O–H groups in total. The van der Waals surface area contributed by atoms with Gasteiger partial charge in [-0.05, 0) is 127 Å². The summed E-state index contributed by atoms with van der Waals surface area (Å²) in [6, 6.07) is 33.6. The molecule has 7 heteroatoms. The summed E-state index contributed by atoms with van der Waals surface area (Å²) in [7, 11) is 0. The number of nitrogens with zero attached hydrogens (tertiary/aromatic N) is 5. The van der Waals surface area contributed by atoms with Crippen molar-refractivity contribution in [3.63, 3.8) is 0 Å². The van der Waals surface area contributed by atoms with Crippen LogP contribution in [-0.2, 0) is 31.9 Å². The number of ether oxygens (including phenoxy) is 1. The fourth-order valence-corrected chi connectivity index (χ4v) is 8.43. The minimum Gasteiger partial charge on any atom is -0.573 e. The molecule has 8 aromatic rings. The van der Waals surface area contributed by atoms with E-state index in [0.717, 1.165) is 61.3 Å². The maximum absolute atomic E-state index is 6.75. The Bertz CT molecular complexity index is 2820. The smallest absolute Gasteiger partial charge is 0.573 e. The van der Waals surface area contributed by atoms with Crippen LogP contribution in [0.5, 0.6) is 11.6 Å². The second-order valence-electron chi connectivity index (χ2n) is 17.8. The van der Waals surface area contributed by atoms with Gasteiger partial charge in [0, 0.05) is 29.1 Å². The third kappa shape index (κ3) is 7.44. The van der Waals surface area contributed by atoms with Crippen molar-refractivity contribution in [3.05, 3.63) is 142 Å². The Morgan fingerprint density at radius 2 is 1.26 bits per heavy atom. The molecule has 0 radical (unpaired) electrons. The molecule has 0 aliphatic carbocycles. The summed E-state index contributed by atoms with van der Waals surface area (Å²) < 4.78 is 8.94. The van der Waals surface area contributed by atoms with Crippen LogP contribution in [0.2, 0.25) is 0 Å². The molecule has 6 nitrogen and oxygen atoms in total. The molecule has 296 valence electrons. The number of fused-ring (bicyclic) bond motifs is 3. The van der Waals surface area contributed by atoms with Gasteiger partial charge in [-0.2, -0.15) is 6.07 Å². The van der Waals surface area contributed by atoms with Crippen molar-refractivity contribution in [2.24, 2.45) is 0 Å². The van der Waals surface area contributed by atoms with Gasteiger partial charge < -0.3 is 19.5 Å². The Morgan fingerprint density at radius 3 is 1.90 bits per heavy atom. The van der Waals surface area contributed by atoms with Gasteiger partial charge in [-0.1, -0.05) is 106 Å². The third-order valence-electron chi connectivity index (χ3n) is 11.1. The van der Waals surface area contributed by atoms with Gasteiger partial charge in [-0.15, -0.1) is 17.5 Å². The first-order valence-electron chi connectivity index (χ1n) is 19.8. The van der Waals surface area contributed by atoms with Crippen LogP contribution in [0.1, 0.15) is 86.1 Å². The standard InChI is InChI=1S/C51H51N5O.Pt/c1-29-21-31(3)45(32(4)22-29)47-48(54-55-49(47)46-33(5)23-30(2)24-34(46)6)40-25-36(51(10,11)12)27-44(53-40)57-37-17-18-39-38-15-13-14-16-41(38)56(42(39)28-37)43-26-35(19-20-52-43)50(7,8)9;/h13-27H,1-12H3;/q-2;+2. The van der Waals surface area contributed by atoms with Crippen LogP contribution >= 0.6 is 0 Å². The van der Waals surface area contributed by atoms with Crippen LogP contribution in [0.3, 0.4) is 0 Å². The van der Waals surface area contributed by atoms with Crippen LogP contribution in [0.4, 0.5) is 0 Å². The molecule has 0 spiro atoms. The van der Waals surface area contributed by atoms with E-state index in [9.17, 15) is 0 Å². The SMILES string of the molecule is Cc1cc(C)c(-c2n[n-]c(-c3cc(C(C)(C)C)cc(Oc4[c-]c5c(cc4)c4ccccc4n5-c4cc(C(C)(C)C)ccn4)n3)c2-c2c(C)cc(C)cc2C)c(C)c1.[Pt+2]. The van der Waals surface area contributed by atoms with Crippen molar-refractivity contribution in [2.45, 2.75) is 93.9 Å². The van der Waals surface area contributed by atoms with Gasteiger partial charge in [0.15, 0.2) is 0 Å². The second kappa shape index (κ2) is 15.1. The molecule has 8 rings (SSSR count). The van der Waals surface area contributed by atoms with E-state index in [0.29, 0.717) is 17.3 Å². The fourth-order valence-electron chi connectivity index (χ4n) is 8.43. The number of rotatable bonds is 6. The normalized spacial score (nSPS) is 12.0. The van der Waals surface area contributed by atoms with E-state index in [2.05, 4.69) is 167 Å². The first-order chi connectivity index (χ1) is 27.0. The monoisotopic (exact) mass is 944 g/mol. The van der Waals surface area contributed by atoms with E-state index in [-0.39, 0.29) is 31.9 Å². The molecule has 4 aromatic heterocycles. The summed E-state index contributed by atoms with van der Waals surface area (Å²) in [6.45, 7) is 26.3. The Hall–Kier alpha value is -5.32. The van der Waals surface area contributed by atoms with Crippen LogP contribution in [0.25, 0.3) is 61.4 Å². The van der Waals surface area contributed by atoms with Crippen molar-refractivity contribution in [3.8, 4) is 51.2 Å². The van der Waals surface area contributed by atoms with Gasteiger partial charge in [0.2, 0.25) is 5.88 Å². The zero-order valence-electron chi connectivity index (χ0n) is 35.6. The number of hydrogen-bond donors (Lipinski definition) is 0. The molecule has 0 unspecified atom stereocenters. The van der Waals surface area contributed by atoms with Crippen LogP contribution in [0.15, 0.2) is 91.1 Å². The van der Waals surface area contributed by atoms with Gasteiger partial charge in [-0.3, -0.25) is 0 Å². The number of pyridine rings is 2. The second-order valence-corrected chi connectivity index (χ2v) is 17.8. The largest absolute Gasteiger partial charge is 2.00 e. The topological polar surface area (TPSA) is 66.9 Å². The van der Waals surface area contributed by atoms with E-state index in [1.54, 1.807) is 0 Å². The van der Waals surface area contributed by atoms with Gasteiger partial charge in [0.05, 0.1) is 11.4 Å². The van der Waals surface area contributed by atoms with Gasteiger partial charge in [0.1, 0.15) is 5.82 Å². The van der Waals surface area contributed by atoms with E-state index in [1.165, 1.54) is 38.9 Å². The quantitative estimate of drug-likeness (QED) is 0.155. The molecule has 0 atom stereocenters. The van der Waals surface area contributed by atoms with Crippen LogP contribution in [0, 0.1) is 47.6 Å². The maximum atomic E-state index is 6.75. The number of benzene rings is 4. The summed E-state index contributed by atoms with van der Waals surface area (Å²) in [5, 5.41) is 12.1. The molecule has 4 heterocycles. The van der Waals surface area contributed by atoms with Crippen molar-refractivity contribution >= 4 is 21.8 Å². The van der Waals surface area contributed by atoms with Gasteiger partial charge >= 0.3 is 21.1 Å². The first-order valence-corrected chi connectivity index (χ1v) is 19.8.